The Kier molecular flexibility index (Phi) is 4.12. The summed E-state index contributed by atoms with van der Waals surface area (Å²) in [6.07, 6.45) is 4.50. The first-order valence-corrected chi connectivity index (χ1v) is 8.70. The smallest absolute Gasteiger partial charge is 0.278 e. The van der Waals surface area contributed by atoms with Crippen LogP contribution in [0.1, 0.15) is 41.3 Å². The van der Waals surface area contributed by atoms with Crippen molar-refractivity contribution in [2.45, 2.75) is 19.8 Å². The van der Waals surface area contributed by atoms with Gasteiger partial charge in [-0.25, -0.2) is 14.2 Å². The summed E-state index contributed by atoms with van der Waals surface area (Å²) >= 11 is 0. The number of H-pyrrole nitrogens is 1. The summed E-state index contributed by atoms with van der Waals surface area (Å²) in [6, 6.07) is 10.8. The van der Waals surface area contributed by atoms with E-state index in [0.717, 1.165) is 0 Å². The molecule has 8 heteroatoms. The molecule has 28 heavy (non-hydrogen) atoms. The van der Waals surface area contributed by atoms with Crippen LogP contribution in [0.25, 0.3) is 16.9 Å². The minimum Gasteiger partial charge on any atom is -0.295 e. The number of nitrogens with one attached hydrogen (secondary N) is 1. The van der Waals surface area contributed by atoms with E-state index in [2.05, 4.69) is 15.2 Å². The Bertz CT molecular complexity index is 1290. The number of carbonyl (C=O) groups is 1. The Hall–Kier alpha value is -3.99. The number of nitriles is 1. The van der Waals surface area contributed by atoms with Crippen LogP contribution in [-0.4, -0.2) is 30.3 Å². The zero-order valence-corrected chi connectivity index (χ0v) is 15.2. The maximum atomic E-state index is 12.9. The topological polar surface area (TPSA) is 109 Å². The number of fused-ring (bicyclic) bond motifs is 1. The number of aromatic nitrogens is 5. The van der Waals surface area contributed by atoms with Gasteiger partial charge in [-0.3, -0.25) is 14.7 Å². The molecular weight excluding hydrogens is 356 g/mol. The van der Waals surface area contributed by atoms with E-state index in [9.17, 15) is 14.9 Å². The molecule has 0 radical (unpaired) electrons. The fraction of sp³-hybridized carbons (Fsp3) is 0.150. The largest absolute Gasteiger partial charge is 0.295 e. The second kappa shape index (κ2) is 6.63. The van der Waals surface area contributed by atoms with Gasteiger partial charge in [-0.1, -0.05) is 32.0 Å². The van der Waals surface area contributed by atoms with Crippen LogP contribution in [0.2, 0.25) is 0 Å². The number of hydrogen-bond donors (Lipinski definition) is 1. The molecule has 0 spiro atoms. The first kappa shape index (κ1) is 17.4. The van der Waals surface area contributed by atoms with Crippen LogP contribution in [0, 0.1) is 11.3 Å². The molecule has 4 aromatic rings. The molecule has 0 aliphatic rings. The SMILES string of the molecule is CC(C)c1c(-c2cnn(C(=O)c3ccccc3)c2)nc2c(C#N)c[nH]n2c1=O. The Balaban J connectivity index is 1.89. The average Bonchev–Trinajstić information content (AvgIpc) is 3.34. The predicted molar refractivity (Wildman–Crippen MR) is 102 cm³/mol. The standard InChI is InChI=1S/C20H16N6O2/c1-12(2)16-17(24-18-14(8-21)9-23-26(18)20(16)28)15-10-22-25(11-15)19(27)13-6-4-3-5-7-13/h3-7,9-12,23H,1-2H3. The highest BCUT2D eigenvalue weighted by Crippen LogP contribution is 2.26. The van der Waals surface area contributed by atoms with Crippen LogP contribution in [0.5, 0.6) is 0 Å². The molecule has 3 heterocycles. The molecule has 0 fully saturated rings. The Labute approximate surface area is 159 Å². The molecule has 4 rings (SSSR count). The molecular formula is C20H16N6O2. The Morgan fingerprint density at radius 1 is 1.25 bits per heavy atom. The predicted octanol–water partition coefficient (Wildman–Crippen LogP) is 2.57. The molecule has 0 bridgehead atoms. The molecule has 1 N–H and O–H groups in total. The molecule has 1 aromatic carbocycles. The lowest BCUT2D eigenvalue weighted by Gasteiger charge is -2.10. The number of hydrogen-bond acceptors (Lipinski definition) is 5. The van der Waals surface area contributed by atoms with E-state index in [1.807, 2.05) is 26.0 Å². The summed E-state index contributed by atoms with van der Waals surface area (Å²) in [5, 5.41) is 16.2. The van der Waals surface area contributed by atoms with Crippen molar-refractivity contribution in [1.82, 2.24) is 24.4 Å². The first-order chi connectivity index (χ1) is 13.5. The van der Waals surface area contributed by atoms with Gasteiger partial charge in [-0.15, -0.1) is 0 Å². The van der Waals surface area contributed by atoms with Gasteiger partial charge in [-0.2, -0.15) is 10.4 Å². The highest BCUT2D eigenvalue weighted by molar-refractivity contribution is 5.95. The Morgan fingerprint density at radius 2 is 2.00 bits per heavy atom. The van der Waals surface area contributed by atoms with Gasteiger partial charge < -0.3 is 0 Å². The second-order valence-electron chi connectivity index (χ2n) is 6.64. The Morgan fingerprint density at radius 3 is 2.68 bits per heavy atom. The molecule has 3 aromatic heterocycles. The maximum Gasteiger partial charge on any atom is 0.278 e. The first-order valence-electron chi connectivity index (χ1n) is 8.70. The third-order valence-electron chi connectivity index (χ3n) is 4.48. The van der Waals surface area contributed by atoms with E-state index in [-0.39, 0.29) is 28.6 Å². The van der Waals surface area contributed by atoms with Gasteiger partial charge in [0.05, 0.1) is 11.9 Å². The monoisotopic (exact) mass is 372 g/mol. The molecule has 0 aliphatic heterocycles. The van der Waals surface area contributed by atoms with Crippen LogP contribution < -0.4 is 5.56 Å². The number of nitrogens with zero attached hydrogens (tertiary/aromatic N) is 5. The fourth-order valence-corrected chi connectivity index (χ4v) is 3.12. The van der Waals surface area contributed by atoms with Gasteiger partial charge >= 0.3 is 0 Å². The zero-order valence-electron chi connectivity index (χ0n) is 15.2. The van der Waals surface area contributed by atoms with Crippen molar-refractivity contribution < 1.29 is 4.79 Å². The summed E-state index contributed by atoms with van der Waals surface area (Å²) in [4.78, 5) is 30.1. The van der Waals surface area contributed by atoms with E-state index in [0.29, 0.717) is 22.4 Å². The molecule has 0 atom stereocenters. The van der Waals surface area contributed by atoms with Crippen molar-refractivity contribution in [1.29, 1.82) is 5.26 Å². The molecule has 0 saturated heterocycles. The molecule has 0 amide bonds. The van der Waals surface area contributed by atoms with Gasteiger partial charge in [0.15, 0.2) is 5.65 Å². The van der Waals surface area contributed by atoms with E-state index < -0.39 is 0 Å². The molecule has 138 valence electrons. The minimum absolute atomic E-state index is 0.117. The van der Waals surface area contributed by atoms with Crippen molar-refractivity contribution in [2.24, 2.45) is 0 Å². The third kappa shape index (κ3) is 2.70. The summed E-state index contributed by atoms with van der Waals surface area (Å²) in [5.74, 6) is -0.399. The molecule has 0 unspecified atom stereocenters. The molecule has 8 nitrogen and oxygen atoms in total. The van der Waals surface area contributed by atoms with Gasteiger partial charge in [0.1, 0.15) is 11.6 Å². The van der Waals surface area contributed by atoms with E-state index >= 15 is 0 Å². The van der Waals surface area contributed by atoms with Crippen molar-refractivity contribution in [2.75, 3.05) is 0 Å². The highest BCUT2D eigenvalue weighted by atomic mass is 16.2. The summed E-state index contributed by atoms with van der Waals surface area (Å²) in [5.41, 5.74) is 2.17. The number of rotatable bonds is 3. The second-order valence-corrected chi connectivity index (χ2v) is 6.64. The van der Waals surface area contributed by atoms with Crippen molar-refractivity contribution in [3.8, 4) is 17.3 Å². The van der Waals surface area contributed by atoms with Gasteiger partial charge in [0.25, 0.3) is 11.5 Å². The van der Waals surface area contributed by atoms with Crippen LogP contribution in [0.3, 0.4) is 0 Å². The van der Waals surface area contributed by atoms with Crippen molar-refractivity contribution in [3.05, 3.63) is 76.0 Å². The number of aromatic amines is 1. The summed E-state index contributed by atoms with van der Waals surface area (Å²) in [6.45, 7) is 3.78. The summed E-state index contributed by atoms with van der Waals surface area (Å²) in [7, 11) is 0. The van der Waals surface area contributed by atoms with Gasteiger partial charge in [0.2, 0.25) is 0 Å². The highest BCUT2D eigenvalue weighted by Gasteiger charge is 2.21. The van der Waals surface area contributed by atoms with Gasteiger partial charge in [0, 0.05) is 29.1 Å². The minimum atomic E-state index is -0.282. The zero-order chi connectivity index (χ0) is 19.8. The number of benzene rings is 1. The lowest BCUT2D eigenvalue weighted by atomic mass is 10.00. The van der Waals surface area contributed by atoms with Crippen LogP contribution in [0.4, 0.5) is 0 Å². The van der Waals surface area contributed by atoms with Crippen LogP contribution >= 0.6 is 0 Å². The van der Waals surface area contributed by atoms with Crippen molar-refractivity contribution >= 4 is 11.6 Å². The number of carbonyl (C=O) groups excluding carboxylic acids is 1. The lowest BCUT2D eigenvalue weighted by molar-refractivity contribution is 0.0945. The van der Waals surface area contributed by atoms with Crippen LogP contribution in [0.15, 0.2) is 53.7 Å². The summed E-state index contributed by atoms with van der Waals surface area (Å²) < 4.78 is 2.48. The average molecular weight is 372 g/mol. The van der Waals surface area contributed by atoms with E-state index in [4.69, 9.17) is 0 Å². The fourth-order valence-electron chi connectivity index (χ4n) is 3.12. The van der Waals surface area contributed by atoms with E-state index in [1.54, 1.807) is 30.5 Å². The molecule has 0 aliphatic carbocycles. The van der Waals surface area contributed by atoms with Crippen LogP contribution in [-0.2, 0) is 0 Å². The quantitative estimate of drug-likeness (QED) is 0.594. The lowest BCUT2D eigenvalue weighted by Crippen LogP contribution is -2.22. The molecule has 0 saturated carbocycles. The van der Waals surface area contributed by atoms with Gasteiger partial charge in [-0.05, 0) is 18.1 Å². The van der Waals surface area contributed by atoms with Crippen molar-refractivity contribution in [3.63, 3.8) is 0 Å². The maximum absolute atomic E-state index is 12.9. The van der Waals surface area contributed by atoms with E-state index in [1.165, 1.54) is 21.6 Å². The third-order valence-corrected chi connectivity index (χ3v) is 4.48. The normalized spacial score (nSPS) is 11.1.